The summed E-state index contributed by atoms with van der Waals surface area (Å²) in [6.07, 6.45) is 3.01. The van der Waals surface area contributed by atoms with E-state index in [1.54, 1.807) is 13.1 Å². The first-order valence-corrected chi connectivity index (χ1v) is 5.67. The Kier molecular flexibility index (Phi) is 3.11. The number of ether oxygens (including phenoxy) is 1. The molecule has 2 aromatic rings. The van der Waals surface area contributed by atoms with Crippen molar-refractivity contribution in [2.24, 2.45) is 0 Å². The van der Waals surface area contributed by atoms with Crippen LogP contribution in [0.3, 0.4) is 0 Å². The second-order valence-electron chi connectivity index (χ2n) is 2.92. The zero-order chi connectivity index (χ0) is 11.7. The summed E-state index contributed by atoms with van der Waals surface area (Å²) in [6.45, 7) is 2.02. The Labute approximate surface area is 104 Å². The maximum atomic E-state index is 11.5. The molecule has 16 heavy (non-hydrogen) atoms. The third-order valence-corrected chi connectivity index (χ3v) is 2.65. The van der Waals surface area contributed by atoms with Crippen molar-refractivity contribution in [2.75, 3.05) is 6.61 Å². The Hall–Kier alpha value is -1.14. The summed E-state index contributed by atoms with van der Waals surface area (Å²) in [7, 11) is 0. The van der Waals surface area contributed by atoms with E-state index in [1.807, 2.05) is 0 Å². The number of carbonyl (C=O) groups is 1. The summed E-state index contributed by atoms with van der Waals surface area (Å²) in [5, 5.41) is 4.24. The van der Waals surface area contributed by atoms with Crippen LogP contribution in [0.2, 0.25) is 5.02 Å². The number of esters is 1. The van der Waals surface area contributed by atoms with Crippen molar-refractivity contribution in [3.8, 4) is 0 Å². The van der Waals surface area contributed by atoms with E-state index in [-0.39, 0.29) is 10.6 Å². The molecule has 0 saturated carbocycles. The van der Waals surface area contributed by atoms with Gasteiger partial charge in [0.15, 0.2) is 5.65 Å². The molecular formula is C9H7BrClN3O2. The fourth-order valence-corrected chi connectivity index (χ4v) is 1.85. The molecule has 0 aromatic carbocycles. The SMILES string of the molecule is CCOC(=O)c1cnn2cc(Br)nc2c1Cl. The van der Waals surface area contributed by atoms with E-state index in [2.05, 4.69) is 26.0 Å². The number of hydrogen-bond acceptors (Lipinski definition) is 4. The van der Waals surface area contributed by atoms with Crippen molar-refractivity contribution in [3.05, 3.63) is 27.6 Å². The van der Waals surface area contributed by atoms with Crippen LogP contribution in [0.15, 0.2) is 17.0 Å². The molecule has 0 saturated heterocycles. The normalized spacial score (nSPS) is 10.7. The topological polar surface area (TPSA) is 56.5 Å². The van der Waals surface area contributed by atoms with Gasteiger partial charge in [0.25, 0.3) is 0 Å². The number of rotatable bonds is 2. The molecule has 0 aliphatic rings. The van der Waals surface area contributed by atoms with Crippen LogP contribution < -0.4 is 0 Å². The van der Waals surface area contributed by atoms with Gasteiger partial charge in [-0.15, -0.1) is 0 Å². The molecule has 0 amide bonds. The minimum Gasteiger partial charge on any atom is -0.462 e. The van der Waals surface area contributed by atoms with E-state index >= 15 is 0 Å². The summed E-state index contributed by atoms with van der Waals surface area (Å²) in [6, 6.07) is 0. The minimum absolute atomic E-state index is 0.217. The van der Waals surface area contributed by atoms with E-state index in [0.717, 1.165) is 0 Å². The number of fused-ring (bicyclic) bond motifs is 1. The lowest BCUT2D eigenvalue weighted by Crippen LogP contribution is -2.07. The van der Waals surface area contributed by atoms with E-state index in [4.69, 9.17) is 16.3 Å². The summed E-state index contributed by atoms with van der Waals surface area (Å²) in [5.41, 5.74) is 0.633. The molecular weight excluding hydrogens is 297 g/mol. The highest BCUT2D eigenvalue weighted by molar-refractivity contribution is 9.10. The Balaban J connectivity index is 2.55. The number of nitrogens with zero attached hydrogens (tertiary/aromatic N) is 3. The molecule has 0 spiro atoms. The van der Waals surface area contributed by atoms with Crippen LogP contribution >= 0.6 is 27.5 Å². The molecule has 5 nitrogen and oxygen atoms in total. The monoisotopic (exact) mass is 303 g/mol. The molecule has 2 aromatic heterocycles. The first-order valence-electron chi connectivity index (χ1n) is 4.50. The maximum Gasteiger partial charge on any atom is 0.341 e. The van der Waals surface area contributed by atoms with Crippen LogP contribution in [0.5, 0.6) is 0 Å². The van der Waals surface area contributed by atoms with Gasteiger partial charge in [-0.1, -0.05) is 11.6 Å². The van der Waals surface area contributed by atoms with Crippen molar-refractivity contribution < 1.29 is 9.53 Å². The molecule has 0 aliphatic carbocycles. The predicted molar refractivity (Wildman–Crippen MR) is 61.7 cm³/mol. The molecule has 0 bridgehead atoms. The number of aromatic nitrogens is 3. The van der Waals surface area contributed by atoms with Crippen molar-refractivity contribution >= 4 is 39.1 Å². The molecule has 0 atom stereocenters. The van der Waals surface area contributed by atoms with Gasteiger partial charge in [-0.3, -0.25) is 0 Å². The van der Waals surface area contributed by atoms with Crippen LogP contribution in [0, 0.1) is 0 Å². The molecule has 0 unspecified atom stereocenters. The Morgan fingerprint density at radius 2 is 2.44 bits per heavy atom. The smallest absolute Gasteiger partial charge is 0.341 e. The number of hydrogen-bond donors (Lipinski definition) is 0. The molecule has 0 fully saturated rings. The van der Waals surface area contributed by atoms with Crippen molar-refractivity contribution in [1.82, 2.24) is 14.6 Å². The average Bonchev–Trinajstić information content (AvgIpc) is 2.60. The van der Waals surface area contributed by atoms with Crippen LogP contribution in [0.1, 0.15) is 17.3 Å². The summed E-state index contributed by atoms with van der Waals surface area (Å²) in [4.78, 5) is 15.6. The summed E-state index contributed by atoms with van der Waals surface area (Å²) < 4.78 is 6.93. The lowest BCUT2D eigenvalue weighted by Gasteiger charge is -2.03. The second-order valence-corrected chi connectivity index (χ2v) is 4.11. The number of imidazole rings is 1. The molecule has 2 heterocycles. The summed E-state index contributed by atoms with van der Waals surface area (Å²) in [5.74, 6) is -0.498. The van der Waals surface area contributed by atoms with Gasteiger partial charge in [0.2, 0.25) is 0 Å². The van der Waals surface area contributed by atoms with Gasteiger partial charge in [-0.05, 0) is 22.9 Å². The van der Waals surface area contributed by atoms with Gasteiger partial charge in [0.1, 0.15) is 15.2 Å². The second kappa shape index (κ2) is 4.39. The standard InChI is InChI=1S/C9H7BrClN3O2/c1-2-16-9(15)5-3-12-14-4-6(10)13-8(14)7(5)11/h3-4H,2H2,1H3. The Morgan fingerprint density at radius 3 is 3.12 bits per heavy atom. The summed E-state index contributed by atoms with van der Waals surface area (Å²) >= 11 is 9.24. The molecule has 2 rings (SSSR count). The zero-order valence-corrected chi connectivity index (χ0v) is 10.6. The highest BCUT2D eigenvalue weighted by Gasteiger charge is 2.16. The van der Waals surface area contributed by atoms with Gasteiger partial charge in [-0.25, -0.2) is 14.3 Å². The van der Waals surface area contributed by atoms with Gasteiger partial charge < -0.3 is 4.74 Å². The lowest BCUT2D eigenvalue weighted by atomic mass is 10.3. The van der Waals surface area contributed by atoms with Crippen LogP contribution in [0.4, 0.5) is 0 Å². The number of halogens is 2. The van der Waals surface area contributed by atoms with Gasteiger partial charge >= 0.3 is 5.97 Å². The highest BCUT2D eigenvalue weighted by Crippen LogP contribution is 2.22. The molecule has 0 aliphatic heterocycles. The maximum absolute atomic E-state index is 11.5. The minimum atomic E-state index is -0.498. The van der Waals surface area contributed by atoms with E-state index in [1.165, 1.54) is 10.7 Å². The predicted octanol–water partition coefficient (Wildman–Crippen LogP) is 2.32. The molecule has 7 heteroatoms. The fraction of sp³-hybridized carbons (Fsp3) is 0.222. The van der Waals surface area contributed by atoms with Crippen molar-refractivity contribution in [3.63, 3.8) is 0 Å². The van der Waals surface area contributed by atoms with Crippen molar-refractivity contribution in [1.29, 1.82) is 0 Å². The van der Waals surface area contributed by atoms with Crippen LogP contribution in [-0.2, 0) is 4.74 Å². The average molecular weight is 305 g/mol. The van der Waals surface area contributed by atoms with E-state index in [0.29, 0.717) is 16.9 Å². The van der Waals surface area contributed by atoms with Gasteiger partial charge in [0, 0.05) is 0 Å². The van der Waals surface area contributed by atoms with Gasteiger partial charge in [0.05, 0.1) is 19.0 Å². The van der Waals surface area contributed by atoms with E-state index in [9.17, 15) is 4.79 Å². The molecule has 84 valence electrons. The third kappa shape index (κ3) is 1.90. The lowest BCUT2D eigenvalue weighted by molar-refractivity contribution is 0.0526. The quantitative estimate of drug-likeness (QED) is 0.799. The fourth-order valence-electron chi connectivity index (χ4n) is 1.23. The first kappa shape index (κ1) is 11.3. The largest absolute Gasteiger partial charge is 0.462 e. The number of carbonyl (C=O) groups excluding carboxylic acids is 1. The molecule has 0 N–H and O–H groups in total. The highest BCUT2D eigenvalue weighted by atomic mass is 79.9. The molecule has 0 radical (unpaired) electrons. The van der Waals surface area contributed by atoms with E-state index < -0.39 is 5.97 Å². The first-order chi connectivity index (χ1) is 7.63. The van der Waals surface area contributed by atoms with Crippen molar-refractivity contribution in [2.45, 2.75) is 6.92 Å². The Bertz CT molecular complexity index is 555. The van der Waals surface area contributed by atoms with Gasteiger partial charge in [-0.2, -0.15) is 5.10 Å². The van der Waals surface area contributed by atoms with Crippen LogP contribution in [0.25, 0.3) is 5.65 Å². The van der Waals surface area contributed by atoms with Crippen LogP contribution in [-0.4, -0.2) is 27.2 Å². The Morgan fingerprint density at radius 1 is 1.69 bits per heavy atom. The zero-order valence-electron chi connectivity index (χ0n) is 8.28. The third-order valence-electron chi connectivity index (χ3n) is 1.90.